The molecule has 0 fully saturated rings. The van der Waals surface area contributed by atoms with Crippen LogP contribution >= 0.6 is 0 Å². The van der Waals surface area contributed by atoms with Crippen LogP contribution in [0, 0.1) is 0 Å². The molecule has 0 amide bonds. The lowest BCUT2D eigenvalue weighted by molar-refractivity contribution is 1.09. The van der Waals surface area contributed by atoms with Crippen molar-refractivity contribution in [3.05, 3.63) is 146 Å². The van der Waals surface area contributed by atoms with Gasteiger partial charge in [-0.05, 0) is 74.8 Å². The van der Waals surface area contributed by atoms with E-state index in [4.69, 9.17) is 4.98 Å². The molecule has 10 rings (SSSR count). The average Bonchev–Trinajstić information content (AvgIpc) is 3.70. The molecule has 0 saturated heterocycles. The Kier molecular flexibility index (Phi) is 4.42. The molecule has 0 N–H and O–H groups in total. The number of hydrogen-bond donors (Lipinski definition) is 0. The lowest BCUT2D eigenvalue weighted by atomic mass is 9.94. The number of nitrogens with zero attached hydrogens (tertiary/aromatic N) is 4. The van der Waals surface area contributed by atoms with Crippen molar-refractivity contribution < 1.29 is 0 Å². The van der Waals surface area contributed by atoms with Crippen molar-refractivity contribution in [1.82, 2.24) is 18.5 Å². The molecule has 3 heterocycles. The third-order valence-electron chi connectivity index (χ3n) is 9.02. The van der Waals surface area contributed by atoms with Crippen LogP contribution in [0.2, 0.25) is 0 Å². The first kappa shape index (κ1) is 22.8. The molecule has 0 spiro atoms. The highest BCUT2D eigenvalue weighted by Gasteiger charge is 2.23. The van der Waals surface area contributed by atoms with Gasteiger partial charge >= 0.3 is 0 Å². The highest BCUT2D eigenvalue weighted by Crippen LogP contribution is 2.39. The van der Waals surface area contributed by atoms with Crippen LogP contribution in [0.3, 0.4) is 0 Å². The van der Waals surface area contributed by atoms with Crippen molar-refractivity contribution in [3.63, 3.8) is 0 Å². The van der Waals surface area contributed by atoms with Crippen LogP contribution in [0.5, 0.6) is 0 Å². The second kappa shape index (κ2) is 8.34. The number of benzene rings is 7. The molecule has 200 valence electrons. The zero-order valence-corrected chi connectivity index (χ0v) is 23.1. The predicted molar refractivity (Wildman–Crippen MR) is 179 cm³/mol. The number of aromatic nitrogens is 4. The summed E-state index contributed by atoms with van der Waals surface area (Å²) >= 11 is 0. The van der Waals surface area contributed by atoms with E-state index in [0.29, 0.717) is 0 Å². The van der Waals surface area contributed by atoms with Crippen LogP contribution in [0.15, 0.2) is 146 Å². The van der Waals surface area contributed by atoms with E-state index in [2.05, 4.69) is 159 Å². The van der Waals surface area contributed by atoms with E-state index in [-0.39, 0.29) is 0 Å². The van der Waals surface area contributed by atoms with E-state index in [0.717, 1.165) is 44.9 Å². The molecule has 0 saturated carbocycles. The molecule has 3 aromatic heterocycles. The van der Waals surface area contributed by atoms with Crippen molar-refractivity contribution >= 4 is 71.2 Å². The van der Waals surface area contributed by atoms with Gasteiger partial charge in [-0.15, -0.1) is 0 Å². The zero-order valence-electron chi connectivity index (χ0n) is 23.1. The Morgan fingerprint density at radius 2 is 0.907 bits per heavy atom. The Morgan fingerprint density at radius 3 is 1.60 bits per heavy atom. The van der Waals surface area contributed by atoms with E-state index < -0.39 is 0 Å². The van der Waals surface area contributed by atoms with Gasteiger partial charge in [0.25, 0.3) is 0 Å². The number of fused-ring (bicyclic) bond motifs is 13. The predicted octanol–water partition coefficient (Wildman–Crippen LogP) is 9.83. The summed E-state index contributed by atoms with van der Waals surface area (Å²) in [5.41, 5.74) is 7.71. The summed E-state index contributed by atoms with van der Waals surface area (Å²) in [4.78, 5) is 5.42. The lowest BCUT2D eigenvalue weighted by Gasteiger charge is -2.13. The number of imidazole rings is 2. The summed E-state index contributed by atoms with van der Waals surface area (Å²) < 4.78 is 6.94. The molecule has 0 aliphatic rings. The molecule has 10 aromatic rings. The van der Waals surface area contributed by atoms with Gasteiger partial charge in [0.15, 0.2) is 5.65 Å². The fourth-order valence-electron chi connectivity index (χ4n) is 7.23. The topological polar surface area (TPSA) is 27.2 Å². The van der Waals surface area contributed by atoms with Crippen LogP contribution < -0.4 is 0 Å². The second-order valence-electron chi connectivity index (χ2n) is 11.3. The quantitative estimate of drug-likeness (QED) is 0.198. The third kappa shape index (κ3) is 2.97. The maximum absolute atomic E-state index is 5.42. The molecule has 0 aliphatic heterocycles. The van der Waals surface area contributed by atoms with Crippen LogP contribution in [0.1, 0.15) is 0 Å². The van der Waals surface area contributed by atoms with Gasteiger partial charge in [-0.25, -0.2) is 0 Å². The summed E-state index contributed by atoms with van der Waals surface area (Å²) in [7, 11) is 0. The summed E-state index contributed by atoms with van der Waals surface area (Å²) in [6, 6.07) is 52.2. The Labute approximate surface area is 246 Å². The summed E-state index contributed by atoms with van der Waals surface area (Å²) in [5.74, 6) is 0.911. The monoisotopic (exact) mass is 548 g/mol. The van der Waals surface area contributed by atoms with Gasteiger partial charge in [-0.3, -0.25) is 13.5 Å². The average molecular weight is 549 g/mol. The number of para-hydroxylation sites is 4. The van der Waals surface area contributed by atoms with Gasteiger partial charge < -0.3 is 0 Å². The van der Waals surface area contributed by atoms with Crippen LogP contribution in [-0.2, 0) is 0 Å². The molecule has 7 aromatic carbocycles. The van der Waals surface area contributed by atoms with Crippen LogP contribution in [0.4, 0.5) is 0 Å². The Morgan fingerprint density at radius 1 is 0.372 bits per heavy atom. The smallest absolute Gasteiger partial charge is 0.222 e. The fraction of sp³-hybridized carbons (Fsp3) is 0. The van der Waals surface area contributed by atoms with E-state index in [1.807, 2.05) is 0 Å². The van der Waals surface area contributed by atoms with Crippen LogP contribution in [0.25, 0.3) is 82.6 Å². The van der Waals surface area contributed by atoms with Gasteiger partial charge in [0.1, 0.15) is 5.52 Å². The van der Waals surface area contributed by atoms with Gasteiger partial charge in [0, 0.05) is 16.8 Å². The first-order valence-electron chi connectivity index (χ1n) is 14.7. The van der Waals surface area contributed by atoms with Crippen molar-refractivity contribution in [3.8, 4) is 11.4 Å². The molecular formula is C39H24N4. The van der Waals surface area contributed by atoms with E-state index >= 15 is 0 Å². The Hall–Kier alpha value is -5.87. The maximum atomic E-state index is 5.42. The van der Waals surface area contributed by atoms with E-state index in [1.165, 1.54) is 37.7 Å². The van der Waals surface area contributed by atoms with Gasteiger partial charge in [0.05, 0.1) is 16.6 Å². The number of rotatable bonds is 2. The summed E-state index contributed by atoms with van der Waals surface area (Å²) in [6.07, 6.45) is 0. The summed E-state index contributed by atoms with van der Waals surface area (Å²) in [6.45, 7) is 0. The van der Waals surface area contributed by atoms with Crippen molar-refractivity contribution in [2.24, 2.45) is 0 Å². The van der Waals surface area contributed by atoms with Crippen molar-refractivity contribution in [2.75, 3.05) is 0 Å². The SMILES string of the molecule is c1ccc(-n2c3ccccc3n3c4c5ccccc5n(-c5ccc6c7ccccc7c7ccccc7c6c5)c4nc23)cc1. The molecule has 0 bridgehead atoms. The molecule has 0 radical (unpaired) electrons. The first-order valence-corrected chi connectivity index (χ1v) is 14.7. The van der Waals surface area contributed by atoms with E-state index in [1.54, 1.807) is 0 Å². The largest absolute Gasteiger partial charge is 0.292 e. The van der Waals surface area contributed by atoms with Crippen LogP contribution in [-0.4, -0.2) is 18.5 Å². The zero-order chi connectivity index (χ0) is 28.1. The second-order valence-corrected chi connectivity index (χ2v) is 11.3. The third-order valence-corrected chi connectivity index (χ3v) is 9.02. The van der Waals surface area contributed by atoms with Gasteiger partial charge in [-0.2, -0.15) is 4.98 Å². The van der Waals surface area contributed by atoms with E-state index in [9.17, 15) is 0 Å². The Bertz CT molecular complexity index is 2690. The first-order chi connectivity index (χ1) is 21.4. The standard InChI is InChI=1S/C39H24N4/c1-2-12-25(13-3-1)42-35-20-10-11-21-36(35)43-37-32-18-8-9-19-34(32)41(38(37)40-39(42)43)26-22-23-31-29-16-5-4-14-27(29)28-15-6-7-17-30(28)33(31)24-26/h1-24H. The fourth-order valence-corrected chi connectivity index (χ4v) is 7.23. The van der Waals surface area contributed by atoms with Gasteiger partial charge in [-0.1, -0.05) is 103 Å². The Balaban J connectivity index is 1.36. The minimum Gasteiger partial charge on any atom is -0.292 e. The highest BCUT2D eigenvalue weighted by atomic mass is 15.2. The molecular weight excluding hydrogens is 524 g/mol. The molecule has 0 unspecified atom stereocenters. The van der Waals surface area contributed by atoms with Crippen molar-refractivity contribution in [1.29, 1.82) is 0 Å². The van der Waals surface area contributed by atoms with Gasteiger partial charge in [0.2, 0.25) is 5.78 Å². The minimum atomic E-state index is 0.911. The van der Waals surface area contributed by atoms with Crippen molar-refractivity contribution in [2.45, 2.75) is 0 Å². The molecule has 4 heteroatoms. The molecule has 0 aliphatic carbocycles. The highest BCUT2D eigenvalue weighted by molar-refractivity contribution is 6.25. The molecule has 4 nitrogen and oxygen atoms in total. The number of hydrogen-bond acceptors (Lipinski definition) is 1. The summed E-state index contributed by atoms with van der Waals surface area (Å²) in [5, 5.41) is 8.81. The normalized spacial score (nSPS) is 12.2. The minimum absolute atomic E-state index is 0.911. The lowest BCUT2D eigenvalue weighted by Crippen LogP contribution is -1.97. The maximum Gasteiger partial charge on any atom is 0.222 e. The molecule has 43 heavy (non-hydrogen) atoms. The molecule has 0 atom stereocenters.